The topological polar surface area (TPSA) is 116 Å². The van der Waals surface area contributed by atoms with E-state index in [2.05, 4.69) is 9.72 Å². The van der Waals surface area contributed by atoms with E-state index in [-0.39, 0.29) is 41.5 Å². The smallest absolute Gasteiger partial charge is 0.337 e. The number of sulfone groups is 1. The van der Waals surface area contributed by atoms with Gasteiger partial charge in [0.05, 0.1) is 22.8 Å². The minimum Gasteiger partial charge on any atom is -0.465 e. The van der Waals surface area contributed by atoms with Gasteiger partial charge in [0.25, 0.3) is 0 Å². The molecule has 0 atom stereocenters. The maximum Gasteiger partial charge on any atom is 0.337 e. The molecule has 0 spiro atoms. The summed E-state index contributed by atoms with van der Waals surface area (Å²) in [6, 6.07) is 5.46. The Hall–Kier alpha value is -2.24. The van der Waals surface area contributed by atoms with E-state index in [1.807, 2.05) is 0 Å². The molecule has 0 N–H and O–H groups in total. The summed E-state index contributed by atoms with van der Waals surface area (Å²) in [5.41, 5.74) is 0.251. The summed E-state index contributed by atoms with van der Waals surface area (Å²) in [5.74, 6) is -0.552. The lowest BCUT2D eigenvalue weighted by molar-refractivity contribution is 0.0600. The molecule has 1 aromatic carbocycles. The molecule has 0 radical (unpaired) electrons. The predicted octanol–water partition coefficient (Wildman–Crippen LogP) is 0.834. The van der Waals surface area contributed by atoms with Crippen molar-refractivity contribution in [2.45, 2.75) is 28.1 Å². The molecule has 9 nitrogen and oxygen atoms in total. The number of aryl methyl sites for hydroxylation is 1. The second-order valence-electron chi connectivity index (χ2n) is 6.49. The first kappa shape index (κ1) is 20.5. The maximum atomic E-state index is 12.8. The second-order valence-corrected chi connectivity index (χ2v) is 10.5. The SMILES string of the molecule is COC(=O)c1ccc(S(=O)(=O)N2CCC(S(=O)(=O)c3nccn3C)CC2)cc1. The van der Waals surface area contributed by atoms with Crippen molar-refractivity contribution in [1.29, 1.82) is 0 Å². The summed E-state index contributed by atoms with van der Waals surface area (Å²) in [6.07, 6.45) is 3.36. The molecule has 0 amide bonds. The summed E-state index contributed by atoms with van der Waals surface area (Å²) < 4.78 is 58.4. The molecule has 152 valence electrons. The zero-order valence-corrected chi connectivity index (χ0v) is 17.1. The lowest BCUT2D eigenvalue weighted by Crippen LogP contribution is -2.42. The number of nitrogens with zero attached hydrogens (tertiary/aromatic N) is 3. The van der Waals surface area contributed by atoms with Crippen LogP contribution in [0, 0.1) is 0 Å². The lowest BCUT2D eigenvalue weighted by Gasteiger charge is -2.30. The molecule has 0 aliphatic carbocycles. The summed E-state index contributed by atoms with van der Waals surface area (Å²) in [7, 11) is -4.54. The van der Waals surface area contributed by atoms with E-state index < -0.39 is 31.1 Å². The molecule has 1 fully saturated rings. The number of rotatable bonds is 5. The van der Waals surface area contributed by atoms with Gasteiger partial charge in [-0.1, -0.05) is 0 Å². The number of sulfonamides is 1. The van der Waals surface area contributed by atoms with Crippen molar-refractivity contribution in [3.63, 3.8) is 0 Å². The van der Waals surface area contributed by atoms with Gasteiger partial charge in [-0.2, -0.15) is 4.31 Å². The Morgan fingerprint density at radius 2 is 1.71 bits per heavy atom. The standard InChI is InChI=1S/C17H21N3O6S2/c1-19-12-9-18-17(19)27(22,23)14-7-10-20(11-8-14)28(24,25)15-5-3-13(4-6-15)16(21)26-2/h3-6,9,12,14H,7-8,10-11H2,1-2H3. The molecule has 2 heterocycles. The van der Waals surface area contributed by atoms with Crippen LogP contribution < -0.4 is 0 Å². The Morgan fingerprint density at radius 1 is 1.11 bits per heavy atom. The number of hydrogen-bond acceptors (Lipinski definition) is 7. The van der Waals surface area contributed by atoms with E-state index in [1.54, 1.807) is 13.2 Å². The molecule has 1 aliphatic rings. The minimum absolute atomic E-state index is 0.00722. The Morgan fingerprint density at radius 3 is 2.21 bits per heavy atom. The zero-order chi connectivity index (χ0) is 20.5. The van der Waals surface area contributed by atoms with Crippen molar-refractivity contribution in [1.82, 2.24) is 13.9 Å². The van der Waals surface area contributed by atoms with Crippen molar-refractivity contribution in [2.75, 3.05) is 20.2 Å². The van der Waals surface area contributed by atoms with Gasteiger partial charge in [0.2, 0.25) is 25.0 Å². The number of esters is 1. The van der Waals surface area contributed by atoms with Crippen LogP contribution in [0.5, 0.6) is 0 Å². The highest BCUT2D eigenvalue weighted by atomic mass is 32.2. The number of carbonyl (C=O) groups excluding carboxylic acids is 1. The molecule has 3 rings (SSSR count). The van der Waals surface area contributed by atoms with E-state index >= 15 is 0 Å². The summed E-state index contributed by atoms with van der Waals surface area (Å²) in [6.45, 7) is 0.185. The van der Waals surface area contributed by atoms with Gasteiger partial charge >= 0.3 is 5.97 Å². The van der Waals surface area contributed by atoms with Crippen molar-refractivity contribution in [3.8, 4) is 0 Å². The molecule has 0 bridgehead atoms. The first-order valence-electron chi connectivity index (χ1n) is 8.57. The van der Waals surface area contributed by atoms with E-state index in [0.29, 0.717) is 0 Å². The second kappa shape index (κ2) is 7.64. The van der Waals surface area contributed by atoms with Crippen LogP contribution in [0.4, 0.5) is 0 Å². The average Bonchev–Trinajstić information content (AvgIpc) is 3.14. The Kier molecular flexibility index (Phi) is 5.60. The number of carbonyl (C=O) groups is 1. The summed E-state index contributed by atoms with van der Waals surface area (Å²) in [4.78, 5) is 15.4. The number of methoxy groups -OCH3 is 1. The van der Waals surface area contributed by atoms with Gasteiger partial charge in [-0.15, -0.1) is 0 Å². The Balaban J connectivity index is 1.73. The van der Waals surface area contributed by atoms with Gasteiger partial charge < -0.3 is 9.30 Å². The monoisotopic (exact) mass is 427 g/mol. The third kappa shape index (κ3) is 3.69. The molecule has 0 saturated carbocycles. The van der Waals surface area contributed by atoms with E-state index in [1.165, 1.54) is 46.4 Å². The van der Waals surface area contributed by atoms with Crippen LogP contribution in [0.25, 0.3) is 0 Å². The first-order valence-corrected chi connectivity index (χ1v) is 11.6. The van der Waals surface area contributed by atoms with Gasteiger partial charge in [-0.3, -0.25) is 0 Å². The number of piperidine rings is 1. The molecular formula is C17H21N3O6S2. The fraction of sp³-hybridized carbons (Fsp3) is 0.412. The third-order valence-corrected chi connectivity index (χ3v) is 8.95. The fourth-order valence-corrected chi connectivity index (χ4v) is 6.46. The molecule has 2 aromatic rings. The number of benzene rings is 1. The molecule has 1 saturated heterocycles. The molecule has 11 heteroatoms. The molecule has 28 heavy (non-hydrogen) atoms. The highest BCUT2D eigenvalue weighted by molar-refractivity contribution is 7.92. The summed E-state index contributed by atoms with van der Waals surface area (Å²) >= 11 is 0. The quantitative estimate of drug-likeness (QED) is 0.649. The van der Waals surface area contributed by atoms with Crippen LogP contribution in [-0.2, 0) is 31.6 Å². The highest BCUT2D eigenvalue weighted by Gasteiger charge is 2.37. The van der Waals surface area contributed by atoms with Crippen LogP contribution in [0.15, 0.2) is 46.7 Å². The fourth-order valence-electron chi connectivity index (χ4n) is 3.19. The molecule has 1 aliphatic heterocycles. The van der Waals surface area contributed by atoms with Crippen molar-refractivity contribution in [2.24, 2.45) is 7.05 Å². The number of ether oxygens (including phenoxy) is 1. The third-order valence-electron chi connectivity index (χ3n) is 4.78. The van der Waals surface area contributed by atoms with Crippen LogP contribution >= 0.6 is 0 Å². The van der Waals surface area contributed by atoms with E-state index in [4.69, 9.17) is 0 Å². The van der Waals surface area contributed by atoms with Crippen LogP contribution in [-0.4, -0.2) is 62.1 Å². The van der Waals surface area contributed by atoms with Crippen LogP contribution in [0.2, 0.25) is 0 Å². The Bertz CT molecular complexity index is 1070. The molecule has 1 aromatic heterocycles. The summed E-state index contributed by atoms with van der Waals surface area (Å²) in [5, 5.41) is -0.686. The normalized spacial score (nSPS) is 16.8. The number of aromatic nitrogens is 2. The average molecular weight is 428 g/mol. The van der Waals surface area contributed by atoms with Gasteiger partial charge in [-0.05, 0) is 37.1 Å². The van der Waals surface area contributed by atoms with Crippen molar-refractivity contribution >= 4 is 25.8 Å². The predicted molar refractivity (Wildman–Crippen MR) is 100.0 cm³/mol. The van der Waals surface area contributed by atoms with E-state index in [9.17, 15) is 21.6 Å². The van der Waals surface area contributed by atoms with Crippen LogP contribution in [0.1, 0.15) is 23.2 Å². The van der Waals surface area contributed by atoms with Gasteiger partial charge in [-0.25, -0.2) is 26.6 Å². The largest absolute Gasteiger partial charge is 0.465 e. The molecule has 0 unspecified atom stereocenters. The lowest BCUT2D eigenvalue weighted by atomic mass is 10.2. The van der Waals surface area contributed by atoms with Crippen molar-refractivity contribution < 1.29 is 26.4 Å². The van der Waals surface area contributed by atoms with Gasteiger partial charge in [0.1, 0.15) is 0 Å². The maximum absolute atomic E-state index is 12.8. The first-order chi connectivity index (χ1) is 13.2. The van der Waals surface area contributed by atoms with Gasteiger partial charge in [0.15, 0.2) is 0 Å². The zero-order valence-electron chi connectivity index (χ0n) is 15.5. The molecular weight excluding hydrogens is 406 g/mol. The Labute approximate surface area is 163 Å². The number of imidazole rings is 1. The van der Waals surface area contributed by atoms with Gasteiger partial charge in [0, 0.05) is 32.5 Å². The van der Waals surface area contributed by atoms with Crippen molar-refractivity contribution in [3.05, 3.63) is 42.2 Å². The number of hydrogen-bond donors (Lipinski definition) is 0. The highest BCUT2D eigenvalue weighted by Crippen LogP contribution is 2.27. The van der Waals surface area contributed by atoms with E-state index in [0.717, 1.165) is 0 Å². The minimum atomic E-state index is -3.78. The van der Waals surface area contributed by atoms with Crippen LogP contribution in [0.3, 0.4) is 0 Å².